The number of rotatable bonds is 16. The third-order valence-electron chi connectivity index (χ3n) is 5.80. The summed E-state index contributed by atoms with van der Waals surface area (Å²) >= 11 is 0. The molecule has 0 spiro atoms. The van der Waals surface area contributed by atoms with Gasteiger partial charge in [0, 0.05) is 37.1 Å². The zero-order valence-electron chi connectivity index (χ0n) is 24.7. The predicted molar refractivity (Wildman–Crippen MR) is 169 cm³/mol. The van der Waals surface area contributed by atoms with E-state index in [1.54, 1.807) is 72.8 Å². The average molecular weight is 601 g/mol. The van der Waals surface area contributed by atoms with Crippen LogP contribution >= 0.6 is 0 Å². The molecule has 0 atom stereocenters. The normalized spacial score (nSPS) is 10.8. The second-order valence-electron chi connectivity index (χ2n) is 9.26. The summed E-state index contributed by atoms with van der Waals surface area (Å²) in [6, 6.07) is 21.0. The molecule has 0 aromatic heterocycles. The second-order valence-corrected chi connectivity index (χ2v) is 9.26. The minimum Gasteiger partial charge on any atom is -0.494 e. The van der Waals surface area contributed by atoms with Crippen LogP contribution in [0.4, 0.5) is 11.4 Å². The van der Waals surface area contributed by atoms with Gasteiger partial charge in [0.2, 0.25) is 23.6 Å². The number of hydrogen-bond acceptors (Lipinski definition) is 8. The Morgan fingerprint density at radius 2 is 0.886 bits per heavy atom. The fraction of sp³-hybridized carbons (Fsp3) is 0.250. The summed E-state index contributed by atoms with van der Waals surface area (Å²) < 4.78 is 10.7. The van der Waals surface area contributed by atoms with E-state index in [9.17, 15) is 19.2 Å². The SMILES string of the molecule is CCOc1ccc(NC(=O)CCC(=O)N/N=C/c2ccc(/C=N/NC(=O)CCC(=O)Nc3ccc(OCC)cc3)cc2)cc1. The number of carbonyl (C=O) groups is 4. The van der Waals surface area contributed by atoms with Crippen LogP contribution in [0.5, 0.6) is 11.5 Å². The molecule has 3 aromatic rings. The van der Waals surface area contributed by atoms with E-state index in [0.717, 1.165) is 11.1 Å². The van der Waals surface area contributed by atoms with Crippen LogP contribution < -0.4 is 31.0 Å². The maximum absolute atomic E-state index is 12.1. The van der Waals surface area contributed by atoms with E-state index >= 15 is 0 Å². The quantitative estimate of drug-likeness (QED) is 0.142. The van der Waals surface area contributed by atoms with Gasteiger partial charge in [-0.2, -0.15) is 10.2 Å². The van der Waals surface area contributed by atoms with E-state index < -0.39 is 11.8 Å². The van der Waals surface area contributed by atoms with Crippen LogP contribution in [0.15, 0.2) is 83.0 Å². The van der Waals surface area contributed by atoms with Crippen LogP contribution in [0, 0.1) is 0 Å². The predicted octanol–water partition coefficient (Wildman–Crippen LogP) is 4.22. The number of benzene rings is 3. The highest BCUT2D eigenvalue weighted by atomic mass is 16.5. The molecular weight excluding hydrogens is 564 g/mol. The van der Waals surface area contributed by atoms with Crippen LogP contribution in [0.25, 0.3) is 0 Å². The fourth-order valence-corrected chi connectivity index (χ4v) is 3.64. The topological polar surface area (TPSA) is 160 Å². The smallest absolute Gasteiger partial charge is 0.240 e. The summed E-state index contributed by atoms with van der Waals surface area (Å²) in [7, 11) is 0. The van der Waals surface area contributed by atoms with Crippen molar-refractivity contribution in [1.82, 2.24) is 10.9 Å². The lowest BCUT2D eigenvalue weighted by Crippen LogP contribution is -2.20. The first-order valence-corrected chi connectivity index (χ1v) is 14.1. The first-order valence-electron chi connectivity index (χ1n) is 14.1. The molecule has 0 aliphatic rings. The van der Waals surface area contributed by atoms with Crippen LogP contribution in [0.1, 0.15) is 50.7 Å². The third-order valence-corrected chi connectivity index (χ3v) is 5.80. The molecular formula is C32H36N6O6. The third kappa shape index (κ3) is 12.6. The molecule has 12 nitrogen and oxygen atoms in total. The van der Waals surface area contributed by atoms with Gasteiger partial charge < -0.3 is 20.1 Å². The molecule has 0 aliphatic heterocycles. The molecule has 0 bridgehead atoms. The highest BCUT2D eigenvalue weighted by Gasteiger charge is 2.08. The molecule has 4 N–H and O–H groups in total. The van der Waals surface area contributed by atoms with Gasteiger partial charge >= 0.3 is 0 Å². The van der Waals surface area contributed by atoms with Crippen molar-refractivity contribution in [3.63, 3.8) is 0 Å². The van der Waals surface area contributed by atoms with Crippen molar-refractivity contribution in [2.45, 2.75) is 39.5 Å². The van der Waals surface area contributed by atoms with E-state index in [2.05, 4.69) is 31.7 Å². The van der Waals surface area contributed by atoms with Gasteiger partial charge in [-0.05, 0) is 73.5 Å². The van der Waals surface area contributed by atoms with Gasteiger partial charge in [-0.25, -0.2) is 10.9 Å². The minimum atomic E-state index is -0.392. The number of ether oxygens (including phenoxy) is 2. The first-order chi connectivity index (χ1) is 21.3. The lowest BCUT2D eigenvalue weighted by molar-refractivity contribution is -0.124. The van der Waals surface area contributed by atoms with Gasteiger partial charge in [0.15, 0.2) is 0 Å². The number of nitrogens with one attached hydrogen (secondary N) is 4. The number of anilines is 2. The molecule has 0 heterocycles. The summed E-state index contributed by atoms with van der Waals surface area (Å²) in [6.45, 7) is 4.90. The van der Waals surface area contributed by atoms with E-state index in [1.165, 1.54) is 12.4 Å². The number of hydrazone groups is 2. The van der Waals surface area contributed by atoms with E-state index in [1.807, 2.05) is 13.8 Å². The number of amides is 4. The van der Waals surface area contributed by atoms with E-state index in [0.29, 0.717) is 36.1 Å². The average Bonchev–Trinajstić information content (AvgIpc) is 3.02. The molecule has 0 aliphatic carbocycles. The Bertz CT molecular complexity index is 1330. The lowest BCUT2D eigenvalue weighted by Gasteiger charge is -2.07. The van der Waals surface area contributed by atoms with Gasteiger partial charge in [0.05, 0.1) is 25.6 Å². The van der Waals surface area contributed by atoms with Crippen LogP contribution in [-0.2, 0) is 19.2 Å². The molecule has 230 valence electrons. The Morgan fingerprint density at radius 3 is 1.23 bits per heavy atom. The van der Waals surface area contributed by atoms with Crippen LogP contribution in [0.3, 0.4) is 0 Å². The van der Waals surface area contributed by atoms with Crippen molar-refractivity contribution in [2.75, 3.05) is 23.8 Å². The zero-order valence-corrected chi connectivity index (χ0v) is 24.7. The minimum absolute atomic E-state index is 0.0100. The Labute approximate surface area is 255 Å². The molecule has 0 unspecified atom stereocenters. The standard InChI is InChI=1S/C32H36N6O6/c1-3-43-27-13-9-25(10-14-27)35-29(39)17-19-31(41)37-33-21-23-5-7-24(8-6-23)22-34-38-32(42)20-18-30(40)36-26-11-15-28(16-12-26)44-4-2/h5-16,21-22H,3-4,17-20H2,1-2H3,(H,35,39)(H,36,40)(H,37,41)(H,38,42)/b33-21+,34-22+. The van der Waals surface area contributed by atoms with Crippen molar-refractivity contribution >= 4 is 47.4 Å². The molecule has 44 heavy (non-hydrogen) atoms. The monoisotopic (exact) mass is 600 g/mol. The van der Waals surface area contributed by atoms with Crippen LogP contribution in [0.2, 0.25) is 0 Å². The van der Waals surface area contributed by atoms with Gasteiger partial charge in [0.1, 0.15) is 11.5 Å². The molecule has 0 saturated heterocycles. The van der Waals surface area contributed by atoms with Crippen molar-refractivity contribution in [2.24, 2.45) is 10.2 Å². The molecule has 0 saturated carbocycles. The van der Waals surface area contributed by atoms with Gasteiger partial charge in [-0.15, -0.1) is 0 Å². The number of hydrogen-bond donors (Lipinski definition) is 4. The summed E-state index contributed by atoms with van der Waals surface area (Å²) in [4.78, 5) is 48.3. The molecule has 0 radical (unpaired) electrons. The molecule has 3 aromatic carbocycles. The van der Waals surface area contributed by atoms with Crippen molar-refractivity contribution in [3.05, 3.63) is 83.9 Å². The van der Waals surface area contributed by atoms with Crippen molar-refractivity contribution in [3.8, 4) is 11.5 Å². The Balaban J connectivity index is 1.30. The molecule has 0 fully saturated rings. The van der Waals surface area contributed by atoms with Gasteiger partial charge in [-0.1, -0.05) is 24.3 Å². The zero-order chi connectivity index (χ0) is 31.6. The van der Waals surface area contributed by atoms with E-state index in [-0.39, 0.29) is 37.5 Å². The summed E-state index contributed by atoms with van der Waals surface area (Å²) in [6.07, 6.45) is 2.92. The van der Waals surface area contributed by atoms with Crippen molar-refractivity contribution < 1.29 is 28.7 Å². The van der Waals surface area contributed by atoms with Crippen LogP contribution in [-0.4, -0.2) is 49.3 Å². The summed E-state index contributed by atoms with van der Waals surface area (Å²) in [5.41, 5.74) is 7.48. The molecule has 4 amide bonds. The highest BCUT2D eigenvalue weighted by molar-refractivity contribution is 5.94. The Hall–Kier alpha value is -5.52. The van der Waals surface area contributed by atoms with Gasteiger partial charge in [0.25, 0.3) is 0 Å². The largest absolute Gasteiger partial charge is 0.494 e. The Morgan fingerprint density at radius 1 is 0.545 bits per heavy atom. The maximum Gasteiger partial charge on any atom is 0.240 e. The molecule has 3 rings (SSSR count). The van der Waals surface area contributed by atoms with E-state index in [4.69, 9.17) is 9.47 Å². The van der Waals surface area contributed by atoms with Crippen molar-refractivity contribution in [1.29, 1.82) is 0 Å². The lowest BCUT2D eigenvalue weighted by atomic mass is 10.2. The highest BCUT2D eigenvalue weighted by Crippen LogP contribution is 2.17. The number of nitrogens with zero attached hydrogens (tertiary/aromatic N) is 2. The maximum atomic E-state index is 12.1. The second kappa shape index (κ2) is 18.1. The summed E-state index contributed by atoms with van der Waals surface area (Å²) in [5, 5.41) is 13.3. The van der Waals surface area contributed by atoms with Gasteiger partial charge in [-0.3, -0.25) is 19.2 Å². The molecule has 12 heteroatoms. The fourth-order valence-electron chi connectivity index (χ4n) is 3.64. The number of carbonyl (C=O) groups excluding carboxylic acids is 4. The first kappa shape index (κ1) is 33.0. The Kier molecular flexibility index (Phi) is 13.6. The summed E-state index contributed by atoms with van der Waals surface area (Å²) in [5.74, 6) is 0.0731.